The van der Waals surface area contributed by atoms with Gasteiger partial charge in [-0.3, -0.25) is 0 Å². The first-order chi connectivity index (χ1) is 10.3. The van der Waals surface area contributed by atoms with Crippen molar-refractivity contribution in [1.29, 1.82) is 0 Å². The number of benzene rings is 1. The lowest BCUT2D eigenvalue weighted by molar-refractivity contribution is 0.268. The van der Waals surface area contributed by atoms with Crippen LogP contribution in [0.4, 0.5) is 0 Å². The number of nitrogens with two attached hydrogens (primary N) is 1. The molecule has 0 saturated carbocycles. The van der Waals surface area contributed by atoms with E-state index in [0.29, 0.717) is 13.2 Å². The molecule has 2 aromatic rings. The molecule has 4 heteroatoms. The second-order valence-electron chi connectivity index (χ2n) is 4.90. The zero-order chi connectivity index (χ0) is 15.1. The van der Waals surface area contributed by atoms with Gasteiger partial charge in [0.25, 0.3) is 0 Å². The Bertz CT molecular complexity index is 540. The van der Waals surface area contributed by atoms with Crippen LogP contribution in [0, 0.1) is 0 Å². The normalized spacial score (nSPS) is 12.1. The third-order valence-corrected chi connectivity index (χ3v) is 4.06. The van der Waals surface area contributed by atoms with Gasteiger partial charge in [0, 0.05) is 4.88 Å². The van der Waals surface area contributed by atoms with Gasteiger partial charge in [0.05, 0.1) is 19.3 Å². The minimum Gasteiger partial charge on any atom is -0.490 e. The van der Waals surface area contributed by atoms with E-state index < -0.39 is 0 Å². The number of thiophene rings is 1. The summed E-state index contributed by atoms with van der Waals surface area (Å²) in [6.45, 7) is 5.56. The van der Waals surface area contributed by atoms with E-state index in [1.54, 1.807) is 11.3 Å². The molecule has 0 bridgehead atoms. The Hall–Kier alpha value is -1.52. The SMILES string of the molecule is CCCOc1ccc(C(N)c2cccs2)cc1OCCC. The van der Waals surface area contributed by atoms with Crippen LogP contribution in [-0.2, 0) is 0 Å². The molecule has 21 heavy (non-hydrogen) atoms. The fourth-order valence-corrected chi connectivity index (χ4v) is 2.76. The van der Waals surface area contributed by atoms with E-state index in [1.807, 2.05) is 29.6 Å². The van der Waals surface area contributed by atoms with Crippen molar-refractivity contribution in [3.63, 3.8) is 0 Å². The molecule has 1 aromatic heterocycles. The van der Waals surface area contributed by atoms with Gasteiger partial charge >= 0.3 is 0 Å². The number of ether oxygens (including phenoxy) is 2. The average molecular weight is 305 g/mol. The maximum atomic E-state index is 6.32. The molecule has 114 valence electrons. The molecular formula is C17H23NO2S. The summed E-state index contributed by atoms with van der Waals surface area (Å²) in [5.41, 5.74) is 7.37. The lowest BCUT2D eigenvalue weighted by Crippen LogP contribution is -2.11. The Balaban J connectivity index is 2.22. The Morgan fingerprint density at radius 2 is 1.76 bits per heavy atom. The number of rotatable bonds is 8. The monoisotopic (exact) mass is 305 g/mol. The summed E-state index contributed by atoms with van der Waals surface area (Å²) in [5, 5.41) is 2.04. The quantitative estimate of drug-likeness (QED) is 0.787. The minimum absolute atomic E-state index is 0.116. The van der Waals surface area contributed by atoms with Crippen molar-refractivity contribution < 1.29 is 9.47 Å². The molecule has 0 aliphatic carbocycles. The summed E-state index contributed by atoms with van der Waals surface area (Å²) >= 11 is 1.67. The van der Waals surface area contributed by atoms with Crippen LogP contribution in [0.15, 0.2) is 35.7 Å². The highest BCUT2D eigenvalue weighted by Gasteiger charge is 2.14. The number of hydrogen-bond acceptors (Lipinski definition) is 4. The molecular weight excluding hydrogens is 282 g/mol. The van der Waals surface area contributed by atoms with Gasteiger partial charge in [0.2, 0.25) is 0 Å². The van der Waals surface area contributed by atoms with Crippen LogP contribution in [0.2, 0.25) is 0 Å². The first-order valence-corrected chi connectivity index (χ1v) is 8.32. The molecule has 1 unspecified atom stereocenters. The highest BCUT2D eigenvalue weighted by Crippen LogP contribution is 2.33. The Kier molecular flexibility index (Phi) is 6.08. The van der Waals surface area contributed by atoms with Crippen molar-refractivity contribution in [1.82, 2.24) is 0 Å². The summed E-state index contributed by atoms with van der Waals surface area (Å²) in [7, 11) is 0. The first kappa shape index (κ1) is 15.9. The third-order valence-electron chi connectivity index (χ3n) is 3.10. The molecule has 0 radical (unpaired) electrons. The summed E-state index contributed by atoms with van der Waals surface area (Å²) in [4.78, 5) is 1.15. The molecule has 0 saturated heterocycles. The topological polar surface area (TPSA) is 44.5 Å². The van der Waals surface area contributed by atoms with Gasteiger partial charge in [0.15, 0.2) is 11.5 Å². The molecule has 1 heterocycles. The van der Waals surface area contributed by atoms with E-state index >= 15 is 0 Å². The van der Waals surface area contributed by atoms with Crippen LogP contribution in [0.3, 0.4) is 0 Å². The van der Waals surface area contributed by atoms with Gasteiger partial charge in [-0.1, -0.05) is 26.0 Å². The summed E-state index contributed by atoms with van der Waals surface area (Å²) in [6, 6.07) is 9.95. The Morgan fingerprint density at radius 3 is 2.38 bits per heavy atom. The fraction of sp³-hybridized carbons (Fsp3) is 0.412. The molecule has 2 rings (SSSR count). The van der Waals surface area contributed by atoms with Crippen LogP contribution in [-0.4, -0.2) is 13.2 Å². The Morgan fingerprint density at radius 1 is 1.05 bits per heavy atom. The van der Waals surface area contributed by atoms with Crippen molar-refractivity contribution in [3.05, 3.63) is 46.2 Å². The number of hydrogen-bond donors (Lipinski definition) is 1. The maximum absolute atomic E-state index is 6.32. The molecule has 1 atom stereocenters. The van der Waals surface area contributed by atoms with Gasteiger partial charge < -0.3 is 15.2 Å². The average Bonchev–Trinajstić information content (AvgIpc) is 3.04. The van der Waals surface area contributed by atoms with Crippen molar-refractivity contribution >= 4 is 11.3 Å². The molecule has 0 aliphatic rings. The second kappa shape index (κ2) is 8.05. The zero-order valence-electron chi connectivity index (χ0n) is 12.7. The smallest absolute Gasteiger partial charge is 0.161 e. The van der Waals surface area contributed by atoms with E-state index in [1.165, 1.54) is 0 Å². The van der Waals surface area contributed by atoms with Crippen LogP contribution in [0.1, 0.15) is 43.2 Å². The van der Waals surface area contributed by atoms with Gasteiger partial charge in [-0.05, 0) is 42.0 Å². The van der Waals surface area contributed by atoms with Gasteiger partial charge in [0.1, 0.15) is 0 Å². The summed E-state index contributed by atoms with van der Waals surface area (Å²) in [5.74, 6) is 1.59. The van der Waals surface area contributed by atoms with Crippen molar-refractivity contribution in [2.75, 3.05) is 13.2 Å². The summed E-state index contributed by atoms with van der Waals surface area (Å²) < 4.78 is 11.6. The van der Waals surface area contributed by atoms with Gasteiger partial charge in [-0.2, -0.15) is 0 Å². The third kappa shape index (κ3) is 4.22. The van der Waals surface area contributed by atoms with Crippen LogP contribution in [0.5, 0.6) is 11.5 Å². The lowest BCUT2D eigenvalue weighted by atomic mass is 10.1. The van der Waals surface area contributed by atoms with Crippen molar-refractivity contribution in [3.8, 4) is 11.5 Å². The highest BCUT2D eigenvalue weighted by atomic mass is 32.1. The van der Waals surface area contributed by atoms with Crippen molar-refractivity contribution in [2.24, 2.45) is 5.73 Å². The van der Waals surface area contributed by atoms with Crippen LogP contribution >= 0.6 is 11.3 Å². The van der Waals surface area contributed by atoms with Gasteiger partial charge in [-0.15, -0.1) is 11.3 Å². The largest absolute Gasteiger partial charge is 0.490 e. The molecule has 1 aromatic carbocycles. The predicted molar refractivity (Wildman–Crippen MR) is 88.4 cm³/mol. The van der Waals surface area contributed by atoms with Gasteiger partial charge in [-0.25, -0.2) is 0 Å². The fourth-order valence-electron chi connectivity index (χ4n) is 2.01. The maximum Gasteiger partial charge on any atom is 0.161 e. The van der Waals surface area contributed by atoms with Crippen LogP contribution < -0.4 is 15.2 Å². The molecule has 0 aliphatic heterocycles. The predicted octanol–water partition coefficient (Wildman–Crippen LogP) is 4.37. The molecule has 0 spiro atoms. The highest BCUT2D eigenvalue weighted by molar-refractivity contribution is 7.10. The molecule has 0 amide bonds. The van der Waals surface area contributed by atoms with E-state index in [4.69, 9.17) is 15.2 Å². The summed E-state index contributed by atoms with van der Waals surface area (Å²) in [6.07, 6.45) is 1.94. The molecule has 2 N–H and O–H groups in total. The minimum atomic E-state index is -0.116. The lowest BCUT2D eigenvalue weighted by Gasteiger charge is -2.16. The first-order valence-electron chi connectivity index (χ1n) is 7.44. The van der Waals surface area contributed by atoms with E-state index in [-0.39, 0.29) is 6.04 Å². The Labute approximate surface area is 130 Å². The second-order valence-corrected chi connectivity index (χ2v) is 5.88. The molecule has 0 fully saturated rings. The van der Waals surface area contributed by atoms with Crippen molar-refractivity contribution in [2.45, 2.75) is 32.7 Å². The van der Waals surface area contributed by atoms with E-state index in [9.17, 15) is 0 Å². The molecule has 3 nitrogen and oxygen atoms in total. The van der Waals surface area contributed by atoms with E-state index in [0.717, 1.165) is 34.8 Å². The van der Waals surface area contributed by atoms with Crippen LogP contribution in [0.25, 0.3) is 0 Å². The van der Waals surface area contributed by atoms with E-state index in [2.05, 4.69) is 19.9 Å². The standard InChI is InChI=1S/C17H23NO2S/c1-3-9-19-14-8-7-13(12-15(14)20-10-4-2)17(18)16-6-5-11-21-16/h5-8,11-12,17H,3-4,9-10,18H2,1-2H3. The zero-order valence-corrected chi connectivity index (χ0v) is 13.5.